The van der Waals surface area contributed by atoms with Crippen molar-refractivity contribution < 1.29 is 9.53 Å². The summed E-state index contributed by atoms with van der Waals surface area (Å²) in [5, 5.41) is 0. The largest absolute Gasteiger partial charge is 0.462 e. The van der Waals surface area contributed by atoms with Crippen LogP contribution in [0.2, 0.25) is 0 Å². The van der Waals surface area contributed by atoms with Gasteiger partial charge in [-0.1, -0.05) is 6.07 Å². The number of rotatable bonds is 3. The van der Waals surface area contributed by atoms with E-state index in [2.05, 4.69) is 0 Å². The van der Waals surface area contributed by atoms with Gasteiger partial charge in [0.1, 0.15) is 0 Å². The minimum absolute atomic E-state index is 0. The quantitative estimate of drug-likeness (QED) is 0.857. The van der Waals surface area contributed by atoms with E-state index in [0.29, 0.717) is 18.1 Å². The van der Waals surface area contributed by atoms with Gasteiger partial charge in [-0.15, -0.1) is 12.4 Å². The van der Waals surface area contributed by atoms with Gasteiger partial charge in [0.15, 0.2) is 0 Å². The number of carbonyl (C=O) groups excluding carboxylic acids is 1. The zero-order chi connectivity index (χ0) is 12.3. The highest BCUT2D eigenvalue weighted by atomic mass is 35.5. The van der Waals surface area contributed by atoms with E-state index in [0.717, 1.165) is 25.8 Å². The molecule has 0 heterocycles. The highest BCUT2D eigenvalue weighted by Gasteiger charge is 2.19. The fraction of sp³-hybridized carbons (Fsp3) is 0.500. The summed E-state index contributed by atoms with van der Waals surface area (Å²) >= 11 is 0. The topological polar surface area (TPSA) is 52.3 Å². The van der Waals surface area contributed by atoms with Gasteiger partial charge in [0.2, 0.25) is 0 Å². The molecule has 0 fully saturated rings. The summed E-state index contributed by atoms with van der Waals surface area (Å²) in [5.41, 5.74) is 8.98. The molecule has 1 aromatic rings. The fourth-order valence-corrected chi connectivity index (χ4v) is 2.38. The molecule has 0 bridgehead atoms. The minimum Gasteiger partial charge on any atom is -0.462 e. The maximum absolute atomic E-state index is 11.6. The van der Waals surface area contributed by atoms with E-state index in [4.69, 9.17) is 10.5 Å². The molecule has 0 saturated heterocycles. The van der Waals surface area contributed by atoms with Crippen LogP contribution in [-0.4, -0.2) is 19.1 Å². The molecule has 1 aliphatic rings. The molecule has 0 saturated carbocycles. The van der Waals surface area contributed by atoms with Gasteiger partial charge in [-0.2, -0.15) is 0 Å². The highest BCUT2D eigenvalue weighted by Crippen LogP contribution is 2.26. The first kappa shape index (κ1) is 15.0. The molecule has 0 aliphatic heterocycles. The van der Waals surface area contributed by atoms with Gasteiger partial charge in [0.05, 0.1) is 12.2 Å². The molecule has 4 heteroatoms. The standard InChI is InChI=1S/C14H19NO2.ClH/c1-2-17-14(16)12-6-5-11-4-3-10(9-15)7-13(11)8-12;/h5-6,8,10H,2-4,7,9,15H2,1H3;1H. The maximum Gasteiger partial charge on any atom is 0.338 e. The molecule has 1 aromatic carbocycles. The van der Waals surface area contributed by atoms with Gasteiger partial charge >= 0.3 is 5.97 Å². The Morgan fingerprint density at radius 3 is 2.89 bits per heavy atom. The van der Waals surface area contributed by atoms with E-state index < -0.39 is 0 Å². The van der Waals surface area contributed by atoms with Crippen LogP contribution in [0.1, 0.15) is 34.8 Å². The fourth-order valence-electron chi connectivity index (χ4n) is 2.38. The van der Waals surface area contributed by atoms with Crippen LogP contribution >= 0.6 is 12.4 Å². The average molecular weight is 270 g/mol. The van der Waals surface area contributed by atoms with Crippen LogP contribution in [0.25, 0.3) is 0 Å². The van der Waals surface area contributed by atoms with Crippen molar-refractivity contribution in [2.75, 3.05) is 13.2 Å². The molecule has 0 radical (unpaired) electrons. The van der Waals surface area contributed by atoms with E-state index in [1.165, 1.54) is 11.1 Å². The SMILES string of the molecule is CCOC(=O)c1ccc2c(c1)CC(CN)CC2.Cl. The third-order valence-electron chi connectivity index (χ3n) is 3.38. The molecular formula is C14H20ClNO2. The second-order valence-electron chi connectivity index (χ2n) is 4.55. The van der Waals surface area contributed by atoms with E-state index in [9.17, 15) is 4.79 Å². The van der Waals surface area contributed by atoms with Crippen LogP contribution in [0.15, 0.2) is 18.2 Å². The van der Waals surface area contributed by atoms with Crippen molar-refractivity contribution in [3.63, 3.8) is 0 Å². The minimum atomic E-state index is -0.231. The normalized spacial score (nSPS) is 17.6. The summed E-state index contributed by atoms with van der Waals surface area (Å²) in [4.78, 5) is 11.6. The zero-order valence-electron chi connectivity index (χ0n) is 10.6. The van der Waals surface area contributed by atoms with Crippen LogP contribution in [0, 0.1) is 5.92 Å². The summed E-state index contributed by atoms with van der Waals surface area (Å²) in [7, 11) is 0. The Morgan fingerprint density at radius 2 is 2.22 bits per heavy atom. The Hall–Kier alpha value is -1.06. The van der Waals surface area contributed by atoms with Crippen molar-refractivity contribution in [2.24, 2.45) is 11.7 Å². The van der Waals surface area contributed by atoms with Gasteiger partial charge in [-0.05, 0) is 61.9 Å². The lowest BCUT2D eigenvalue weighted by molar-refractivity contribution is 0.0526. The van der Waals surface area contributed by atoms with Crippen molar-refractivity contribution in [3.8, 4) is 0 Å². The first-order chi connectivity index (χ1) is 8.24. The number of esters is 1. The molecule has 0 spiro atoms. The van der Waals surface area contributed by atoms with Gasteiger partial charge in [-0.3, -0.25) is 0 Å². The Morgan fingerprint density at radius 1 is 1.44 bits per heavy atom. The first-order valence-electron chi connectivity index (χ1n) is 6.23. The number of hydrogen-bond donors (Lipinski definition) is 1. The third-order valence-corrected chi connectivity index (χ3v) is 3.38. The lowest BCUT2D eigenvalue weighted by atomic mass is 9.83. The summed E-state index contributed by atoms with van der Waals surface area (Å²) in [5.74, 6) is 0.324. The molecule has 1 atom stereocenters. The number of benzene rings is 1. The Bertz CT molecular complexity index is 420. The number of ether oxygens (including phenoxy) is 1. The van der Waals surface area contributed by atoms with Crippen molar-refractivity contribution in [1.82, 2.24) is 0 Å². The van der Waals surface area contributed by atoms with Crippen LogP contribution < -0.4 is 5.73 Å². The van der Waals surface area contributed by atoms with Crippen molar-refractivity contribution in [3.05, 3.63) is 34.9 Å². The maximum atomic E-state index is 11.6. The Kier molecular flexibility index (Phi) is 5.63. The van der Waals surface area contributed by atoms with Gasteiger partial charge in [-0.25, -0.2) is 4.79 Å². The molecule has 100 valence electrons. The Balaban J connectivity index is 0.00000162. The molecule has 3 nitrogen and oxygen atoms in total. The van der Waals surface area contributed by atoms with Gasteiger partial charge in [0.25, 0.3) is 0 Å². The van der Waals surface area contributed by atoms with Crippen molar-refractivity contribution >= 4 is 18.4 Å². The van der Waals surface area contributed by atoms with Gasteiger partial charge < -0.3 is 10.5 Å². The molecule has 2 N–H and O–H groups in total. The summed E-state index contributed by atoms with van der Waals surface area (Å²) < 4.78 is 5.01. The predicted octanol–water partition coefficient (Wildman–Crippen LogP) is 2.35. The van der Waals surface area contributed by atoms with E-state index >= 15 is 0 Å². The van der Waals surface area contributed by atoms with Crippen molar-refractivity contribution in [1.29, 1.82) is 0 Å². The molecular weight excluding hydrogens is 250 g/mol. The van der Waals surface area contributed by atoms with Gasteiger partial charge in [0, 0.05) is 0 Å². The van der Waals surface area contributed by atoms with Crippen LogP contribution in [0.3, 0.4) is 0 Å². The third kappa shape index (κ3) is 3.24. The second kappa shape index (κ2) is 6.76. The van der Waals surface area contributed by atoms with Crippen molar-refractivity contribution in [2.45, 2.75) is 26.2 Å². The highest BCUT2D eigenvalue weighted by molar-refractivity contribution is 5.89. The summed E-state index contributed by atoms with van der Waals surface area (Å²) in [6.45, 7) is 2.96. The summed E-state index contributed by atoms with van der Waals surface area (Å²) in [6.07, 6.45) is 3.21. The Labute approximate surface area is 114 Å². The predicted molar refractivity (Wildman–Crippen MR) is 74.2 cm³/mol. The molecule has 2 rings (SSSR count). The lowest BCUT2D eigenvalue weighted by Gasteiger charge is -2.23. The van der Waals surface area contributed by atoms with E-state index in [1.807, 2.05) is 25.1 Å². The number of aryl methyl sites for hydroxylation is 1. The molecule has 0 aromatic heterocycles. The number of halogens is 1. The smallest absolute Gasteiger partial charge is 0.338 e. The average Bonchev–Trinajstić information content (AvgIpc) is 2.37. The van der Waals surface area contributed by atoms with E-state index in [1.54, 1.807) is 0 Å². The summed E-state index contributed by atoms with van der Waals surface area (Å²) in [6, 6.07) is 5.88. The molecule has 0 amide bonds. The van der Waals surface area contributed by atoms with Crippen LogP contribution in [0.5, 0.6) is 0 Å². The number of nitrogens with two attached hydrogens (primary N) is 1. The van der Waals surface area contributed by atoms with Crippen LogP contribution in [-0.2, 0) is 17.6 Å². The monoisotopic (exact) mass is 269 g/mol. The number of fused-ring (bicyclic) bond motifs is 1. The second-order valence-corrected chi connectivity index (χ2v) is 4.55. The first-order valence-corrected chi connectivity index (χ1v) is 6.23. The zero-order valence-corrected chi connectivity index (χ0v) is 11.5. The molecule has 18 heavy (non-hydrogen) atoms. The molecule has 1 unspecified atom stereocenters. The number of hydrogen-bond acceptors (Lipinski definition) is 3. The lowest BCUT2D eigenvalue weighted by Crippen LogP contribution is -2.22. The van der Waals surface area contributed by atoms with Crippen LogP contribution in [0.4, 0.5) is 0 Å². The molecule has 1 aliphatic carbocycles. The van der Waals surface area contributed by atoms with E-state index in [-0.39, 0.29) is 18.4 Å². The number of carbonyl (C=O) groups is 1.